The van der Waals surface area contributed by atoms with E-state index in [1.54, 1.807) is 6.92 Å². The number of methoxy groups -OCH3 is 1. The Morgan fingerprint density at radius 1 is 1.54 bits per heavy atom. The number of rotatable bonds is 2. The Labute approximate surface area is 83.8 Å². The van der Waals surface area contributed by atoms with Crippen molar-refractivity contribution < 1.29 is 9.66 Å². The van der Waals surface area contributed by atoms with Crippen LogP contribution in [-0.4, -0.2) is 12.0 Å². The van der Waals surface area contributed by atoms with Gasteiger partial charge in [0.05, 0.1) is 22.6 Å². The molecule has 0 radical (unpaired) electrons. The lowest BCUT2D eigenvalue weighted by Gasteiger charge is -2.05. The van der Waals surface area contributed by atoms with Crippen molar-refractivity contribution >= 4 is 21.6 Å². The zero-order valence-electron chi connectivity index (χ0n) is 7.20. The molecule has 70 valence electrons. The molecule has 0 aliphatic rings. The van der Waals surface area contributed by atoms with Crippen LogP contribution in [0.4, 0.5) is 5.69 Å². The highest BCUT2D eigenvalue weighted by Crippen LogP contribution is 2.32. The molecule has 5 heteroatoms. The molecule has 0 amide bonds. The van der Waals surface area contributed by atoms with Crippen LogP contribution in [0.15, 0.2) is 16.6 Å². The van der Waals surface area contributed by atoms with Gasteiger partial charge in [0.15, 0.2) is 0 Å². The maximum atomic E-state index is 10.5. The molecular formula is C8H8BrNO3. The molecule has 1 rings (SSSR count). The average molecular weight is 246 g/mol. The molecule has 0 aliphatic heterocycles. The maximum absolute atomic E-state index is 10.5. The third-order valence-electron chi connectivity index (χ3n) is 1.64. The van der Waals surface area contributed by atoms with Crippen molar-refractivity contribution in [2.75, 3.05) is 7.11 Å². The van der Waals surface area contributed by atoms with E-state index >= 15 is 0 Å². The topological polar surface area (TPSA) is 52.4 Å². The summed E-state index contributed by atoms with van der Waals surface area (Å²) in [5, 5.41) is 10.5. The summed E-state index contributed by atoms with van der Waals surface area (Å²) in [5.74, 6) is 0.478. The zero-order chi connectivity index (χ0) is 10.0. The quantitative estimate of drug-likeness (QED) is 0.595. The Morgan fingerprint density at radius 2 is 2.15 bits per heavy atom. The number of halogens is 1. The Kier molecular flexibility index (Phi) is 2.87. The van der Waals surface area contributed by atoms with Crippen LogP contribution < -0.4 is 4.74 Å². The summed E-state index contributed by atoms with van der Waals surface area (Å²) in [5.41, 5.74) is 0.823. The van der Waals surface area contributed by atoms with Crippen molar-refractivity contribution in [1.29, 1.82) is 0 Å². The predicted molar refractivity (Wildman–Crippen MR) is 52.1 cm³/mol. The van der Waals surface area contributed by atoms with E-state index in [9.17, 15) is 10.1 Å². The number of ether oxygens (including phenoxy) is 1. The van der Waals surface area contributed by atoms with Gasteiger partial charge in [0.25, 0.3) is 5.69 Å². The first-order valence-corrected chi connectivity index (χ1v) is 4.34. The van der Waals surface area contributed by atoms with Gasteiger partial charge in [-0.05, 0) is 28.4 Å². The number of hydrogen-bond donors (Lipinski definition) is 0. The summed E-state index contributed by atoms with van der Waals surface area (Å²) in [7, 11) is 1.48. The van der Waals surface area contributed by atoms with E-state index in [2.05, 4.69) is 15.9 Å². The lowest BCUT2D eigenvalue weighted by molar-refractivity contribution is -0.385. The molecule has 0 atom stereocenters. The first kappa shape index (κ1) is 9.98. The minimum absolute atomic E-state index is 0.0394. The van der Waals surface area contributed by atoms with Gasteiger partial charge in [0.1, 0.15) is 5.75 Å². The fourth-order valence-corrected chi connectivity index (χ4v) is 1.36. The van der Waals surface area contributed by atoms with E-state index in [0.717, 1.165) is 10.0 Å². The molecule has 1 aromatic rings. The molecule has 0 fully saturated rings. The summed E-state index contributed by atoms with van der Waals surface area (Å²) in [6.45, 7) is 1.78. The minimum Gasteiger partial charge on any atom is -0.495 e. The number of nitro benzene ring substituents is 1. The summed E-state index contributed by atoms with van der Waals surface area (Å²) in [6.07, 6.45) is 0. The number of aryl methyl sites for hydroxylation is 1. The summed E-state index contributed by atoms with van der Waals surface area (Å²) >= 11 is 3.28. The van der Waals surface area contributed by atoms with Crippen molar-refractivity contribution in [2.24, 2.45) is 0 Å². The minimum atomic E-state index is -0.443. The Hall–Kier alpha value is -1.10. The molecule has 1 aromatic carbocycles. The fraction of sp³-hybridized carbons (Fsp3) is 0.250. The van der Waals surface area contributed by atoms with Gasteiger partial charge in [-0.1, -0.05) is 0 Å². The molecule has 0 aromatic heterocycles. The van der Waals surface area contributed by atoms with Crippen LogP contribution in [0.25, 0.3) is 0 Å². The molecule has 0 heterocycles. The second kappa shape index (κ2) is 3.74. The van der Waals surface area contributed by atoms with Crippen molar-refractivity contribution in [3.05, 3.63) is 32.3 Å². The number of hydrogen-bond acceptors (Lipinski definition) is 3. The third kappa shape index (κ3) is 1.98. The Balaban J connectivity index is 3.30. The van der Waals surface area contributed by atoms with E-state index in [1.165, 1.54) is 19.2 Å². The SMILES string of the molecule is COc1cc([N+](=O)[O-])cc(C)c1Br. The summed E-state index contributed by atoms with van der Waals surface area (Å²) in [6, 6.07) is 2.88. The van der Waals surface area contributed by atoms with Gasteiger partial charge in [-0.2, -0.15) is 0 Å². The first-order chi connectivity index (χ1) is 6.06. The smallest absolute Gasteiger partial charge is 0.273 e. The van der Waals surface area contributed by atoms with Crippen LogP contribution in [0.1, 0.15) is 5.56 Å². The maximum Gasteiger partial charge on any atom is 0.273 e. The van der Waals surface area contributed by atoms with Gasteiger partial charge in [0, 0.05) is 6.07 Å². The standard InChI is InChI=1S/C8H8BrNO3/c1-5-3-6(10(11)12)4-7(13-2)8(5)9/h3-4H,1-2H3. The Bertz CT molecular complexity index is 351. The van der Waals surface area contributed by atoms with Crippen LogP contribution >= 0.6 is 15.9 Å². The molecule has 0 N–H and O–H groups in total. The van der Waals surface area contributed by atoms with Gasteiger partial charge in [-0.3, -0.25) is 10.1 Å². The third-order valence-corrected chi connectivity index (χ3v) is 2.65. The normalized spacial score (nSPS) is 9.77. The van der Waals surface area contributed by atoms with Gasteiger partial charge < -0.3 is 4.74 Å². The molecule has 0 unspecified atom stereocenters. The van der Waals surface area contributed by atoms with Gasteiger partial charge in [-0.25, -0.2) is 0 Å². The van der Waals surface area contributed by atoms with E-state index in [1.807, 2.05) is 0 Å². The Morgan fingerprint density at radius 3 is 2.62 bits per heavy atom. The van der Waals surface area contributed by atoms with Gasteiger partial charge in [0.2, 0.25) is 0 Å². The number of nitrogens with zero attached hydrogens (tertiary/aromatic N) is 1. The van der Waals surface area contributed by atoms with E-state index in [4.69, 9.17) is 4.74 Å². The highest BCUT2D eigenvalue weighted by atomic mass is 79.9. The second-order valence-electron chi connectivity index (χ2n) is 2.54. The first-order valence-electron chi connectivity index (χ1n) is 3.54. The van der Waals surface area contributed by atoms with Crippen molar-refractivity contribution in [3.63, 3.8) is 0 Å². The number of non-ortho nitro benzene ring substituents is 1. The molecule has 0 saturated heterocycles. The van der Waals surface area contributed by atoms with Crippen molar-refractivity contribution in [2.45, 2.75) is 6.92 Å². The summed E-state index contributed by atoms with van der Waals surface area (Å²) in [4.78, 5) is 10.0. The van der Waals surface area contributed by atoms with Gasteiger partial charge in [-0.15, -0.1) is 0 Å². The largest absolute Gasteiger partial charge is 0.495 e. The molecule has 0 spiro atoms. The second-order valence-corrected chi connectivity index (χ2v) is 3.33. The molecule has 4 nitrogen and oxygen atoms in total. The van der Waals surface area contributed by atoms with Crippen molar-refractivity contribution in [3.8, 4) is 5.75 Å². The molecule has 13 heavy (non-hydrogen) atoms. The van der Waals surface area contributed by atoms with Crippen LogP contribution in [0.5, 0.6) is 5.75 Å². The summed E-state index contributed by atoms with van der Waals surface area (Å²) < 4.78 is 5.72. The molecular weight excluding hydrogens is 238 g/mol. The molecule has 0 aliphatic carbocycles. The number of benzene rings is 1. The lowest BCUT2D eigenvalue weighted by Crippen LogP contribution is -1.92. The molecule has 0 bridgehead atoms. The van der Waals surface area contributed by atoms with E-state index in [0.29, 0.717) is 5.75 Å². The highest BCUT2D eigenvalue weighted by Gasteiger charge is 2.12. The number of nitro groups is 1. The van der Waals surface area contributed by atoms with Crippen LogP contribution in [0, 0.1) is 17.0 Å². The zero-order valence-corrected chi connectivity index (χ0v) is 8.79. The molecule has 0 saturated carbocycles. The highest BCUT2D eigenvalue weighted by molar-refractivity contribution is 9.10. The van der Waals surface area contributed by atoms with Crippen LogP contribution in [0.3, 0.4) is 0 Å². The van der Waals surface area contributed by atoms with Crippen molar-refractivity contribution in [1.82, 2.24) is 0 Å². The van der Waals surface area contributed by atoms with Crippen LogP contribution in [-0.2, 0) is 0 Å². The van der Waals surface area contributed by atoms with Gasteiger partial charge >= 0.3 is 0 Å². The fourth-order valence-electron chi connectivity index (χ4n) is 0.973. The van der Waals surface area contributed by atoms with Crippen LogP contribution in [0.2, 0.25) is 0 Å². The van der Waals surface area contributed by atoms with E-state index in [-0.39, 0.29) is 5.69 Å². The monoisotopic (exact) mass is 245 g/mol. The van der Waals surface area contributed by atoms with E-state index < -0.39 is 4.92 Å². The average Bonchev–Trinajstić information content (AvgIpc) is 2.09. The lowest BCUT2D eigenvalue weighted by atomic mass is 10.2. The predicted octanol–water partition coefficient (Wildman–Crippen LogP) is 2.67.